The summed E-state index contributed by atoms with van der Waals surface area (Å²) < 4.78 is 5.50. The number of hydrogen-bond acceptors (Lipinski definition) is 3. The van der Waals surface area contributed by atoms with Gasteiger partial charge in [-0.3, -0.25) is 0 Å². The Labute approximate surface area is 110 Å². The first-order chi connectivity index (χ1) is 8.54. The van der Waals surface area contributed by atoms with Gasteiger partial charge in [0, 0.05) is 30.4 Å². The van der Waals surface area contributed by atoms with Crippen molar-refractivity contribution < 1.29 is 4.74 Å². The number of benzene rings is 1. The molecule has 100 valence electrons. The van der Waals surface area contributed by atoms with E-state index in [9.17, 15) is 0 Å². The highest BCUT2D eigenvalue weighted by molar-refractivity contribution is 5.52. The molecule has 1 atom stereocenters. The van der Waals surface area contributed by atoms with Gasteiger partial charge < -0.3 is 15.0 Å². The van der Waals surface area contributed by atoms with Gasteiger partial charge in [-0.2, -0.15) is 0 Å². The van der Waals surface area contributed by atoms with Crippen LogP contribution in [0.5, 0.6) is 5.75 Å². The lowest BCUT2D eigenvalue weighted by Crippen LogP contribution is -2.62. The molecule has 0 aromatic heterocycles. The van der Waals surface area contributed by atoms with E-state index in [2.05, 4.69) is 55.3 Å². The Morgan fingerprint density at radius 3 is 2.56 bits per heavy atom. The summed E-state index contributed by atoms with van der Waals surface area (Å²) in [7, 11) is 0. The predicted octanol–water partition coefficient (Wildman–Crippen LogP) is 2.66. The van der Waals surface area contributed by atoms with E-state index in [-0.39, 0.29) is 5.54 Å². The van der Waals surface area contributed by atoms with Crippen molar-refractivity contribution in [1.29, 1.82) is 0 Å². The van der Waals surface area contributed by atoms with Crippen molar-refractivity contribution in [3.8, 4) is 5.75 Å². The van der Waals surface area contributed by atoms with Crippen molar-refractivity contribution in [2.45, 2.75) is 39.3 Å². The lowest BCUT2D eigenvalue weighted by atomic mass is 9.95. The van der Waals surface area contributed by atoms with Crippen molar-refractivity contribution in [2.75, 3.05) is 24.6 Å². The molecule has 0 amide bonds. The van der Waals surface area contributed by atoms with Gasteiger partial charge >= 0.3 is 0 Å². The Morgan fingerprint density at radius 2 is 2.00 bits per heavy atom. The third kappa shape index (κ3) is 2.61. The standard InChI is InChI=1S/C15H24N2O/c1-5-18-14-8-6-13(7-9-14)17-12(2)10-16-11-15(17,3)4/h6-9,12,16H,5,10-11H2,1-4H3. The molecule has 1 aromatic carbocycles. The smallest absolute Gasteiger partial charge is 0.119 e. The Kier molecular flexibility index (Phi) is 3.81. The average Bonchev–Trinajstić information content (AvgIpc) is 2.30. The first-order valence-electron chi connectivity index (χ1n) is 6.77. The second-order valence-corrected chi connectivity index (χ2v) is 5.59. The molecule has 1 N–H and O–H groups in total. The number of ether oxygens (including phenoxy) is 1. The largest absolute Gasteiger partial charge is 0.494 e. The summed E-state index contributed by atoms with van der Waals surface area (Å²) in [4.78, 5) is 2.50. The fourth-order valence-electron chi connectivity index (χ4n) is 2.83. The molecule has 0 aliphatic carbocycles. The van der Waals surface area contributed by atoms with Crippen LogP contribution in [0.15, 0.2) is 24.3 Å². The molecule has 1 aromatic rings. The molecule has 3 heteroatoms. The summed E-state index contributed by atoms with van der Waals surface area (Å²) in [6.45, 7) is 11.6. The summed E-state index contributed by atoms with van der Waals surface area (Å²) in [5, 5.41) is 3.49. The number of nitrogens with one attached hydrogen (secondary N) is 1. The maximum atomic E-state index is 5.50. The Balaban J connectivity index is 2.22. The fraction of sp³-hybridized carbons (Fsp3) is 0.600. The molecular formula is C15H24N2O. The molecule has 1 aliphatic heterocycles. The highest BCUT2D eigenvalue weighted by atomic mass is 16.5. The molecule has 0 bridgehead atoms. The van der Waals surface area contributed by atoms with Crippen LogP contribution in [0.25, 0.3) is 0 Å². The van der Waals surface area contributed by atoms with Crippen molar-refractivity contribution >= 4 is 5.69 Å². The van der Waals surface area contributed by atoms with Gasteiger partial charge in [-0.05, 0) is 52.0 Å². The molecule has 1 aliphatic rings. The predicted molar refractivity (Wildman–Crippen MR) is 76.5 cm³/mol. The molecule has 3 nitrogen and oxygen atoms in total. The third-order valence-corrected chi connectivity index (χ3v) is 3.52. The van der Waals surface area contributed by atoms with E-state index in [0.29, 0.717) is 6.04 Å². The molecule has 0 saturated carbocycles. The van der Waals surface area contributed by atoms with Gasteiger partial charge in [-0.15, -0.1) is 0 Å². The summed E-state index contributed by atoms with van der Waals surface area (Å²) in [6, 6.07) is 8.95. The van der Waals surface area contributed by atoms with Crippen LogP contribution in [0.3, 0.4) is 0 Å². The van der Waals surface area contributed by atoms with Gasteiger partial charge in [0.25, 0.3) is 0 Å². The van der Waals surface area contributed by atoms with E-state index in [0.717, 1.165) is 25.4 Å². The lowest BCUT2D eigenvalue weighted by Gasteiger charge is -2.48. The number of nitrogens with zero attached hydrogens (tertiary/aromatic N) is 1. The highest BCUT2D eigenvalue weighted by Crippen LogP contribution is 2.29. The van der Waals surface area contributed by atoms with Gasteiger partial charge in [0.15, 0.2) is 0 Å². The molecule has 1 saturated heterocycles. The molecule has 1 unspecified atom stereocenters. The maximum Gasteiger partial charge on any atom is 0.119 e. The first kappa shape index (κ1) is 13.2. The zero-order valence-electron chi connectivity index (χ0n) is 11.9. The molecule has 1 heterocycles. The Bertz CT molecular complexity index is 386. The van der Waals surface area contributed by atoms with Crippen LogP contribution in [0.1, 0.15) is 27.7 Å². The van der Waals surface area contributed by atoms with Gasteiger partial charge in [0.2, 0.25) is 0 Å². The topological polar surface area (TPSA) is 24.5 Å². The summed E-state index contributed by atoms with van der Waals surface area (Å²) in [5.41, 5.74) is 1.42. The minimum absolute atomic E-state index is 0.144. The minimum atomic E-state index is 0.144. The van der Waals surface area contributed by atoms with E-state index in [1.807, 2.05) is 6.92 Å². The summed E-state index contributed by atoms with van der Waals surface area (Å²) in [5.74, 6) is 0.946. The SMILES string of the molecule is CCOc1ccc(N2C(C)CNCC2(C)C)cc1. The third-order valence-electron chi connectivity index (χ3n) is 3.52. The van der Waals surface area contributed by atoms with Gasteiger partial charge in [-0.25, -0.2) is 0 Å². The number of hydrogen-bond donors (Lipinski definition) is 1. The van der Waals surface area contributed by atoms with Crippen LogP contribution in [0.4, 0.5) is 5.69 Å². The average molecular weight is 248 g/mol. The van der Waals surface area contributed by atoms with E-state index < -0.39 is 0 Å². The van der Waals surface area contributed by atoms with Crippen LogP contribution in [-0.2, 0) is 0 Å². The van der Waals surface area contributed by atoms with Gasteiger partial charge in [-0.1, -0.05) is 0 Å². The second-order valence-electron chi connectivity index (χ2n) is 5.59. The quantitative estimate of drug-likeness (QED) is 0.890. The van der Waals surface area contributed by atoms with Crippen LogP contribution >= 0.6 is 0 Å². The molecule has 0 radical (unpaired) electrons. The Hall–Kier alpha value is -1.22. The zero-order valence-corrected chi connectivity index (χ0v) is 11.9. The van der Waals surface area contributed by atoms with Gasteiger partial charge in [0.1, 0.15) is 5.75 Å². The van der Waals surface area contributed by atoms with Crippen molar-refractivity contribution in [3.05, 3.63) is 24.3 Å². The first-order valence-corrected chi connectivity index (χ1v) is 6.77. The second kappa shape index (κ2) is 5.19. The summed E-state index contributed by atoms with van der Waals surface area (Å²) >= 11 is 0. The van der Waals surface area contributed by atoms with Crippen LogP contribution in [-0.4, -0.2) is 31.3 Å². The van der Waals surface area contributed by atoms with Crippen LogP contribution in [0, 0.1) is 0 Å². The van der Waals surface area contributed by atoms with Crippen molar-refractivity contribution in [2.24, 2.45) is 0 Å². The van der Waals surface area contributed by atoms with Crippen LogP contribution in [0.2, 0.25) is 0 Å². The number of anilines is 1. The molecule has 2 rings (SSSR count). The molecular weight excluding hydrogens is 224 g/mol. The summed E-state index contributed by atoms with van der Waals surface area (Å²) in [6.07, 6.45) is 0. The molecule has 1 fully saturated rings. The van der Waals surface area contributed by atoms with Gasteiger partial charge in [0.05, 0.1) is 6.61 Å². The molecule has 0 spiro atoms. The van der Waals surface area contributed by atoms with Crippen molar-refractivity contribution in [1.82, 2.24) is 5.32 Å². The van der Waals surface area contributed by atoms with E-state index in [1.54, 1.807) is 0 Å². The highest BCUT2D eigenvalue weighted by Gasteiger charge is 2.34. The zero-order chi connectivity index (χ0) is 13.2. The van der Waals surface area contributed by atoms with E-state index >= 15 is 0 Å². The number of rotatable bonds is 3. The van der Waals surface area contributed by atoms with E-state index in [4.69, 9.17) is 4.74 Å². The van der Waals surface area contributed by atoms with Crippen LogP contribution < -0.4 is 15.0 Å². The van der Waals surface area contributed by atoms with Crippen molar-refractivity contribution in [3.63, 3.8) is 0 Å². The minimum Gasteiger partial charge on any atom is -0.494 e. The normalized spacial score (nSPS) is 22.9. The maximum absolute atomic E-state index is 5.50. The Morgan fingerprint density at radius 1 is 1.33 bits per heavy atom. The van der Waals surface area contributed by atoms with E-state index in [1.165, 1.54) is 5.69 Å². The molecule has 18 heavy (non-hydrogen) atoms. The fourth-order valence-corrected chi connectivity index (χ4v) is 2.83. The lowest BCUT2D eigenvalue weighted by molar-refractivity contribution is 0.331. The monoisotopic (exact) mass is 248 g/mol. The number of piperazine rings is 1.